The Hall–Kier alpha value is -2.66. The summed E-state index contributed by atoms with van der Waals surface area (Å²) in [6, 6.07) is 16.4. The Kier molecular flexibility index (Phi) is 7.26. The standard InChI is InChI=1S/C26H31ClN4O/c1-3-18(2)28-24(32)14-16-31(15-13-19-7-5-4-6-8-19)26-22-12-11-21(27)17-23(22)29-25(30-26)20-9-10-20/h4-8,11-12,17-18,20H,3,9-10,13-16H2,1-2H3,(H,28,32)/t18-/m1/s1. The number of anilines is 1. The van der Waals surface area contributed by atoms with Crippen molar-refractivity contribution in [1.29, 1.82) is 0 Å². The highest BCUT2D eigenvalue weighted by Gasteiger charge is 2.28. The third kappa shape index (κ3) is 5.77. The average molecular weight is 451 g/mol. The average Bonchev–Trinajstić information content (AvgIpc) is 3.64. The lowest BCUT2D eigenvalue weighted by atomic mass is 10.1. The van der Waals surface area contributed by atoms with Gasteiger partial charge in [-0.05, 0) is 56.4 Å². The smallest absolute Gasteiger partial charge is 0.221 e. The van der Waals surface area contributed by atoms with Gasteiger partial charge in [-0.1, -0.05) is 48.9 Å². The van der Waals surface area contributed by atoms with Gasteiger partial charge in [0.25, 0.3) is 0 Å². The molecule has 1 aliphatic carbocycles. The topological polar surface area (TPSA) is 58.1 Å². The van der Waals surface area contributed by atoms with Crippen LogP contribution in [0.25, 0.3) is 10.9 Å². The van der Waals surface area contributed by atoms with Crippen LogP contribution >= 0.6 is 11.6 Å². The summed E-state index contributed by atoms with van der Waals surface area (Å²) in [5.41, 5.74) is 2.14. The van der Waals surface area contributed by atoms with E-state index in [9.17, 15) is 4.79 Å². The summed E-state index contributed by atoms with van der Waals surface area (Å²) in [4.78, 5) is 24.6. The Bertz CT molecular complexity index is 1070. The minimum Gasteiger partial charge on any atom is -0.355 e. The lowest BCUT2D eigenvalue weighted by molar-refractivity contribution is -0.121. The number of nitrogens with one attached hydrogen (secondary N) is 1. The van der Waals surface area contributed by atoms with Crippen molar-refractivity contribution >= 4 is 34.2 Å². The van der Waals surface area contributed by atoms with Crippen LogP contribution in [0.2, 0.25) is 5.02 Å². The van der Waals surface area contributed by atoms with Crippen molar-refractivity contribution in [3.05, 3.63) is 64.9 Å². The molecule has 0 aliphatic heterocycles. The minimum absolute atomic E-state index is 0.0767. The summed E-state index contributed by atoms with van der Waals surface area (Å²) >= 11 is 6.28. The fraction of sp³-hybridized carbons (Fsp3) is 0.423. The summed E-state index contributed by atoms with van der Waals surface area (Å²) in [7, 11) is 0. The van der Waals surface area contributed by atoms with Crippen molar-refractivity contribution in [2.24, 2.45) is 0 Å². The molecule has 1 saturated carbocycles. The number of hydrogen-bond acceptors (Lipinski definition) is 4. The molecule has 1 atom stereocenters. The second kappa shape index (κ2) is 10.3. The van der Waals surface area contributed by atoms with Gasteiger partial charge >= 0.3 is 0 Å². The van der Waals surface area contributed by atoms with E-state index in [4.69, 9.17) is 21.6 Å². The molecular weight excluding hydrogens is 420 g/mol. The number of carbonyl (C=O) groups excluding carboxylic acids is 1. The molecule has 4 rings (SSSR count). The number of amides is 1. The maximum Gasteiger partial charge on any atom is 0.221 e. The summed E-state index contributed by atoms with van der Waals surface area (Å²) in [6.45, 7) is 5.50. The molecule has 0 radical (unpaired) electrons. The van der Waals surface area contributed by atoms with E-state index in [1.54, 1.807) is 0 Å². The molecule has 1 amide bonds. The number of halogens is 1. The van der Waals surface area contributed by atoms with Gasteiger partial charge in [0.1, 0.15) is 11.6 Å². The zero-order valence-electron chi connectivity index (χ0n) is 18.9. The number of hydrogen-bond donors (Lipinski definition) is 1. The lowest BCUT2D eigenvalue weighted by Gasteiger charge is -2.26. The fourth-order valence-electron chi connectivity index (χ4n) is 3.79. The minimum atomic E-state index is 0.0767. The molecule has 1 N–H and O–H groups in total. The third-order valence-electron chi connectivity index (χ3n) is 6.04. The first-order valence-electron chi connectivity index (χ1n) is 11.6. The van der Waals surface area contributed by atoms with E-state index in [1.165, 1.54) is 5.56 Å². The summed E-state index contributed by atoms with van der Waals surface area (Å²) in [5.74, 6) is 2.30. The number of rotatable bonds is 10. The Labute approximate surface area is 195 Å². The second-order valence-corrected chi connectivity index (χ2v) is 9.13. The first kappa shape index (κ1) is 22.5. The fourth-order valence-corrected chi connectivity index (χ4v) is 3.95. The predicted octanol–water partition coefficient (Wildman–Crippen LogP) is 5.51. The second-order valence-electron chi connectivity index (χ2n) is 8.69. The first-order valence-corrected chi connectivity index (χ1v) is 12.0. The summed E-state index contributed by atoms with van der Waals surface area (Å²) < 4.78 is 0. The summed E-state index contributed by atoms with van der Waals surface area (Å²) in [5, 5.41) is 4.73. The Morgan fingerprint density at radius 3 is 2.66 bits per heavy atom. The third-order valence-corrected chi connectivity index (χ3v) is 6.28. The number of fused-ring (bicyclic) bond motifs is 1. The molecule has 0 spiro atoms. The molecule has 1 aliphatic rings. The van der Waals surface area contributed by atoms with E-state index >= 15 is 0 Å². The maximum absolute atomic E-state index is 12.5. The van der Waals surface area contributed by atoms with Gasteiger partial charge < -0.3 is 10.2 Å². The quantitative estimate of drug-likeness (QED) is 0.442. The van der Waals surface area contributed by atoms with Crippen molar-refractivity contribution in [3.8, 4) is 0 Å². The van der Waals surface area contributed by atoms with E-state index in [0.29, 0.717) is 23.9 Å². The summed E-state index contributed by atoms with van der Waals surface area (Å²) in [6.07, 6.45) is 4.49. The van der Waals surface area contributed by atoms with Crippen LogP contribution < -0.4 is 10.2 Å². The van der Waals surface area contributed by atoms with Crippen LogP contribution in [0, 0.1) is 0 Å². The predicted molar refractivity (Wildman–Crippen MR) is 131 cm³/mol. The van der Waals surface area contributed by atoms with Crippen LogP contribution in [0.4, 0.5) is 5.82 Å². The van der Waals surface area contributed by atoms with Crippen LogP contribution in [0.5, 0.6) is 0 Å². The van der Waals surface area contributed by atoms with Gasteiger partial charge in [0.2, 0.25) is 5.91 Å². The van der Waals surface area contributed by atoms with Gasteiger partial charge in [0.05, 0.1) is 5.52 Å². The van der Waals surface area contributed by atoms with Gasteiger partial charge in [0, 0.05) is 41.9 Å². The largest absolute Gasteiger partial charge is 0.355 e. The van der Waals surface area contributed by atoms with E-state index < -0.39 is 0 Å². The van der Waals surface area contributed by atoms with E-state index in [-0.39, 0.29) is 11.9 Å². The highest BCUT2D eigenvalue weighted by molar-refractivity contribution is 6.31. The van der Waals surface area contributed by atoms with Crippen molar-refractivity contribution in [2.75, 3.05) is 18.0 Å². The number of aromatic nitrogens is 2. The van der Waals surface area contributed by atoms with E-state index in [1.807, 2.05) is 31.2 Å². The Morgan fingerprint density at radius 2 is 1.94 bits per heavy atom. The van der Waals surface area contributed by atoms with Gasteiger partial charge in [-0.25, -0.2) is 9.97 Å². The lowest BCUT2D eigenvalue weighted by Crippen LogP contribution is -2.36. The maximum atomic E-state index is 12.5. The molecular formula is C26H31ClN4O. The Balaban J connectivity index is 1.63. The van der Waals surface area contributed by atoms with Crippen LogP contribution in [-0.2, 0) is 11.2 Å². The van der Waals surface area contributed by atoms with Gasteiger partial charge in [-0.15, -0.1) is 0 Å². The van der Waals surface area contributed by atoms with Crippen molar-refractivity contribution < 1.29 is 4.79 Å². The molecule has 1 heterocycles. The normalized spacial score (nSPS) is 14.3. The van der Waals surface area contributed by atoms with E-state index in [2.05, 4.69) is 41.4 Å². The molecule has 1 aromatic heterocycles. The molecule has 2 aromatic carbocycles. The van der Waals surface area contributed by atoms with Gasteiger partial charge in [-0.3, -0.25) is 4.79 Å². The van der Waals surface area contributed by atoms with Gasteiger partial charge in [-0.2, -0.15) is 0 Å². The Morgan fingerprint density at radius 1 is 1.16 bits per heavy atom. The molecule has 168 valence electrons. The van der Waals surface area contributed by atoms with Gasteiger partial charge in [0.15, 0.2) is 0 Å². The monoisotopic (exact) mass is 450 g/mol. The highest BCUT2D eigenvalue weighted by atomic mass is 35.5. The van der Waals surface area contributed by atoms with Crippen LogP contribution in [0.15, 0.2) is 48.5 Å². The number of carbonyl (C=O) groups is 1. The van der Waals surface area contributed by atoms with Crippen molar-refractivity contribution in [1.82, 2.24) is 15.3 Å². The van der Waals surface area contributed by atoms with Crippen molar-refractivity contribution in [2.45, 2.75) is 57.9 Å². The molecule has 1 fully saturated rings. The van der Waals surface area contributed by atoms with Crippen LogP contribution in [0.3, 0.4) is 0 Å². The van der Waals surface area contributed by atoms with Crippen LogP contribution in [-0.4, -0.2) is 35.0 Å². The zero-order valence-corrected chi connectivity index (χ0v) is 19.6. The number of nitrogens with zero attached hydrogens (tertiary/aromatic N) is 3. The number of benzene rings is 2. The molecule has 0 unspecified atom stereocenters. The molecule has 5 nitrogen and oxygen atoms in total. The highest BCUT2D eigenvalue weighted by Crippen LogP contribution is 2.40. The molecule has 3 aromatic rings. The molecule has 0 saturated heterocycles. The SMILES string of the molecule is CC[C@@H](C)NC(=O)CCN(CCc1ccccc1)c1nc(C2CC2)nc2cc(Cl)ccc12. The van der Waals surface area contributed by atoms with E-state index in [0.717, 1.165) is 54.8 Å². The first-order chi connectivity index (χ1) is 15.5. The molecule has 6 heteroatoms. The molecule has 0 bridgehead atoms. The zero-order chi connectivity index (χ0) is 22.5. The molecule has 32 heavy (non-hydrogen) atoms. The van der Waals surface area contributed by atoms with Crippen molar-refractivity contribution in [3.63, 3.8) is 0 Å². The van der Waals surface area contributed by atoms with Crippen LogP contribution in [0.1, 0.15) is 56.8 Å².